The number of nitrogens with one attached hydrogen (secondary N) is 2. The monoisotopic (exact) mass is 393 g/mol. The summed E-state index contributed by atoms with van der Waals surface area (Å²) in [6.45, 7) is 0.487. The highest BCUT2D eigenvalue weighted by molar-refractivity contribution is 6.31. The minimum Gasteiger partial charge on any atom is -0.393 e. The fourth-order valence-electron chi connectivity index (χ4n) is 2.37. The van der Waals surface area contributed by atoms with Crippen LogP contribution in [0.1, 0.15) is 11.1 Å². The van der Waals surface area contributed by atoms with Gasteiger partial charge < -0.3 is 16.4 Å². The molecular weight excluding hydrogens is 379 g/mol. The van der Waals surface area contributed by atoms with Gasteiger partial charge in [-0.25, -0.2) is 9.97 Å². The lowest BCUT2D eigenvalue weighted by Crippen LogP contribution is -2.09. The van der Waals surface area contributed by atoms with Gasteiger partial charge in [0.1, 0.15) is 12.0 Å². The molecule has 0 aliphatic heterocycles. The molecular formula is C18H15ClF3N5. The van der Waals surface area contributed by atoms with Crippen LogP contribution in [-0.2, 0) is 12.7 Å². The molecule has 0 amide bonds. The van der Waals surface area contributed by atoms with E-state index in [1.807, 2.05) is 30.3 Å². The van der Waals surface area contributed by atoms with Gasteiger partial charge in [0.25, 0.3) is 0 Å². The van der Waals surface area contributed by atoms with Crippen molar-refractivity contribution in [3.05, 3.63) is 71.0 Å². The standard InChI is InChI=1S/C18H15ClF3N5/c19-14-7-6-12(8-13(14)18(20,21)22)27-17-15(23)16(25-10-26-17)24-9-11-4-2-1-3-5-11/h1-8,10H,9,23H2,(H2,24,25,26,27). The average molecular weight is 394 g/mol. The Labute approximate surface area is 158 Å². The second kappa shape index (κ2) is 7.71. The molecule has 0 fully saturated rings. The fourth-order valence-corrected chi connectivity index (χ4v) is 2.60. The molecule has 0 aliphatic rings. The van der Waals surface area contributed by atoms with E-state index in [0.717, 1.165) is 11.6 Å². The Morgan fingerprint density at radius 3 is 2.41 bits per heavy atom. The molecule has 1 aromatic heterocycles. The van der Waals surface area contributed by atoms with Gasteiger partial charge in [-0.15, -0.1) is 0 Å². The summed E-state index contributed by atoms with van der Waals surface area (Å²) in [5.74, 6) is 0.567. The van der Waals surface area contributed by atoms with Crippen LogP contribution in [0.4, 0.5) is 36.2 Å². The van der Waals surface area contributed by atoms with E-state index in [-0.39, 0.29) is 22.2 Å². The summed E-state index contributed by atoms with van der Waals surface area (Å²) in [5.41, 5.74) is 6.49. The van der Waals surface area contributed by atoms with E-state index >= 15 is 0 Å². The van der Waals surface area contributed by atoms with E-state index in [4.69, 9.17) is 17.3 Å². The number of hydrogen-bond acceptors (Lipinski definition) is 5. The Kier molecular flexibility index (Phi) is 5.36. The zero-order valence-electron chi connectivity index (χ0n) is 13.9. The Hall–Kier alpha value is -3.00. The Bertz CT molecular complexity index is 932. The molecule has 0 aliphatic carbocycles. The largest absolute Gasteiger partial charge is 0.417 e. The number of nitrogens with zero attached hydrogens (tertiary/aromatic N) is 2. The van der Waals surface area contributed by atoms with Gasteiger partial charge in [0.2, 0.25) is 0 Å². The lowest BCUT2D eigenvalue weighted by atomic mass is 10.2. The maximum absolute atomic E-state index is 13.0. The summed E-state index contributed by atoms with van der Waals surface area (Å²) in [4.78, 5) is 8.08. The highest BCUT2D eigenvalue weighted by atomic mass is 35.5. The molecule has 3 rings (SSSR count). The van der Waals surface area contributed by atoms with Gasteiger partial charge in [-0.05, 0) is 23.8 Å². The van der Waals surface area contributed by atoms with Crippen LogP contribution in [0, 0.1) is 0 Å². The molecule has 0 bridgehead atoms. The van der Waals surface area contributed by atoms with E-state index in [2.05, 4.69) is 20.6 Å². The third-order valence-electron chi connectivity index (χ3n) is 3.72. The van der Waals surface area contributed by atoms with Gasteiger partial charge in [-0.3, -0.25) is 0 Å². The van der Waals surface area contributed by atoms with Crippen molar-refractivity contribution in [3.63, 3.8) is 0 Å². The molecule has 27 heavy (non-hydrogen) atoms. The molecule has 2 aromatic carbocycles. The number of nitrogens with two attached hydrogens (primary N) is 1. The summed E-state index contributed by atoms with van der Waals surface area (Å²) in [6, 6.07) is 13.1. The maximum atomic E-state index is 13.0. The molecule has 9 heteroatoms. The summed E-state index contributed by atoms with van der Waals surface area (Å²) in [5, 5.41) is 5.48. The van der Waals surface area contributed by atoms with Crippen LogP contribution < -0.4 is 16.4 Å². The molecule has 4 N–H and O–H groups in total. The zero-order chi connectivity index (χ0) is 19.4. The first-order valence-electron chi connectivity index (χ1n) is 7.86. The SMILES string of the molecule is Nc1c(NCc2ccccc2)ncnc1Nc1ccc(Cl)c(C(F)(F)F)c1. The van der Waals surface area contributed by atoms with Crippen molar-refractivity contribution in [1.29, 1.82) is 0 Å². The molecule has 3 aromatic rings. The van der Waals surface area contributed by atoms with Crippen LogP contribution in [0.3, 0.4) is 0 Å². The van der Waals surface area contributed by atoms with E-state index < -0.39 is 11.7 Å². The third kappa shape index (κ3) is 4.59. The smallest absolute Gasteiger partial charge is 0.393 e. The highest BCUT2D eigenvalue weighted by Crippen LogP contribution is 2.37. The minimum absolute atomic E-state index is 0.158. The fraction of sp³-hybridized carbons (Fsp3) is 0.111. The Morgan fingerprint density at radius 2 is 1.70 bits per heavy atom. The van der Waals surface area contributed by atoms with Crippen molar-refractivity contribution in [1.82, 2.24) is 9.97 Å². The van der Waals surface area contributed by atoms with E-state index in [0.29, 0.717) is 12.4 Å². The first kappa shape index (κ1) is 18.8. The van der Waals surface area contributed by atoms with E-state index in [1.165, 1.54) is 18.5 Å². The van der Waals surface area contributed by atoms with Gasteiger partial charge in [-0.2, -0.15) is 13.2 Å². The van der Waals surface area contributed by atoms with Gasteiger partial charge in [0.15, 0.2) is 11.6 Å². The van der Waals surface area contributed by atoms with E-state index in [1.54, 1.807) is 0 Å². The maximum Gasteiger partial charge on any atom is 0.417 e. The van der Waals surface area contributed by atoms with Crippen molar-refractivity contribution in [2.45, 2.75) is 12.7 Å². The van der Waals surface area contributed by atoms with E-state index in [9.17, 15) is 13.2 Å². The van der Waals surface area contributed by atoms with Crippen molar-refractivity contribution >= 4 is 34.6 Å². The quantitative estimate of drug-likeness (QED) is 0.563. The number of aromatic nitrogens is 2. The topological polar surface area (TPSA) is 75.9 Å². The van der Waals surface area contributed by atoms with Crippen LogP contribution in [0.2, 0.25) is 5.02 Å². The zero-order valence-corrected chi connectivity index (χ0v) is 14.6. The number of nitrogen functional groups attached to an aromatic ring is 1. The second-order valence-electron chi connectivity index (χ2n) is 5.64. The number of hydrogen-bond donors (Lipinski definition) is 3. The predicted octanol–water partition coefficient (Wildman–Crippen LogP) is 5.09. The van der Waals surface area contributed by atoms with Gasteiger partial charge in [0.05, 0.1) is 10.6 Å². The minimum atomic E-state index is -4.56. The number of anilines is 4. The van der Waals surface area contributed by atoms with Gasteiger partial charge in [-0.1, -0.05) is 41.9 Å². The number of alkyl halides is 3. The van der Waals surface area contributed by atoms with Crippen LogP contribution in [0.5, 0.6) is 0 Å². The first-order chi connectivity index (χ1) is 12.8. The second-order valence-corrected chi connectivity index (χ2v) is 6.05. The molecule has 0 saturated carbocycles. The van der Waals surface area contributed by atoms with Crippen LogP contribution in [0.25, 0.3) is 0 Å². The van der Waals surface area contributed by atoms with Crippen LogP contribution >= 0.6 is 11.6 Å². The van der Waals surface area contributed by atoms with Crippen molar-refractivity contribution in [2.75, 3.05) is 16.4 Å². The molecule has 0 unspecified atom stereocenters. The van der Waals surface area contributed by atoms with Crippen LogP contribution in [-0.4, -0.2) is 9.97 Å². The average Bonchev–Trinajstić information content (AvgIpc) is 2.64. The number of halogens is 4. The Morgan fingerprint density at radius 1 is 1.00 bits per heavy atom. The number of rotatable bonds is 5. The van der Waals surface area contributed by atoms with Crippen molar-refractivity contribution in [3.8, 4) is 0 Å². The summed E-state index contributed by atoms with van der Waals surface area (Å²) in [7, 11) is 0. The summed E-state index contributed by atoms with van der Waals surface area (Å²) < 4.78 is 39.0. The first-order valence-corrected chi connectivity index (χ1v) is 8.24. The molecule has 0 atom stereocenters. The highest BCUT2D eigenvalue weighted by Gasteiger charge is 2.33. The third-order valence-corrected chi connectivity index (χ3v) is 4.05. The van der Waals surface area contributed by atoms with Gasteiger partial charge in [0, 0.05) is 12.2 Å². The van der Waals surface area contributed by atoms with Crippen molar-refractivity contribution in [2.24, 2.45) is 0 Å². The predicted molar refractivity (Wildman–Crippen MR) is 99.9 cm³/mol. The molecule has 140 valence electrons. The normalized spacial score (nSPS) is 11.3. The van der Waals surface area contributed by atoms with Gasteiger partial charge >= 0.3 is 6.18 Å². The van der Waals surface area contributed by atoms with Crippen molar-refractivity contribution < 1.29 is 13.2 Å². The van der Waals surface area contributed by atoms with Crippen LogP contribution in [0.15, 0.2) is 54.9 Å². The molecule has 0 saturated heterocycles. The molecule has 0 radical (unpaired) electrons. The molecule has 5 nitrogen and oxygen atoms in total. The lowest BCUT2D eigenvalue weighted by molar-refractivity contribution is -0.137. The molecule has 0 spiro atoms. The lowest BCUT2D eigenvalue weighted by Gasteiger charge is -2.14. The summed E-state index contributed by atoms with van der Waals surface area (Å²) >= 11 is 5.63. The Balaban J connectivity index is 1.80. The number of benzene rings is 2. The summed E-state index contributed by atoms with van der Waals surface area (Å²) in [6.07, 6.45) is -3.29. The molecule has 1 heterocycles.